The number of nitrogen functional groups attached to an aromatic ring is 1. The SMILES string of the molecule is CC(C)CNC(=O)CCNc1ccnc2c(N)cccc12. The maximum Gasteiger partial charge on any atom is 0.221 e. The van der Waals surface area contributed by atoms with E-state index in [1.165, 1.54) is 0 Å². The van der Waals surface area contributed by atoms with Gasteiger partial charge in [0.05, 0.1) is 11.2 Å². The second kappa shape index (κ2) is 6.92. The van der Waals surface area contributed by atoms with E-state index in [0.717, 1.165) is 16.6 Å². The van der Waals surface area contributed by atoms with E-state index in [-0.39, 0.29) is 5.91 Å². The Morgan fingerprint density at radius 1 is 1.33 bits per heavy atom. The van der Waals surface area contributed by atoms with Crippen LogP contribution in [0.25, 0.3) is 10.9 Å². The molecule has 1 amide bonds. The van der Waals surface area contributed by atoms with Gasteiger partial charge in [-0.3, -0.25) is 9.78 Å². The molecule has 4 N–H and O–H groups in total. The Labute approximate surface area is 124 Å². The maximum absolute atomic E-state index is 11.7. The molecular weight excluding hydrogens is 264 g/mol. The molecule has 0 saturated carbocycles. The third kappa shape index (κ3) is 4.08. The molecule has 1 aromatic heterocycles. The fraction of sp³-hybridized carbons (Fsp3) is 0.375. The number of pyridine rings is 1. The minimum atomic E-state index is 0.0640. The van der Waals surface area contributed by atoms with Gasteiger partial charge in [-0.15, -0.1) is 0 Å². The van der Waals surface area contributed by atoms with E-state index in [2.05, 4.69) is 29.5 Å². The molecule has 0 radical (unpaired) electrons. The molecule has 2 aromatic rings. The largest absolute Gasteiger partial charge is 0.397 e. The summed E-state index contributed by atoms with van der Waals surface area (Å²) in [6, 6.07) is 7.60. The minimum Gasteiger partial charge on any atom is -0.397 e. The molecule has 2 rings (SSSR count). The lowest BCUT2D eigenvalue weighted by Gasteiger charge is -2.11. The van der Waals surface area contributed by atoms with Crippen molar-refractivity contribution in [3.63, 3.8) is 0 Å². The van der Waals surface area contributed by atoms with Crippen molar-refractivity contribution < 1.29 is 4.79 Å². The van der Waals surface area contributed by atoms with Gasteiger partial charge in [0.15, 0.2) is 0 Å². The van der Waals surface area contributed by atoms with Gasteiger partial charge in [0.2, 0.25) is 5.91 Å². The fourth-order valence-electron chi connectivity index (χ4n) is 2.07. The van der Waals surface area contributed by atoms with Crippen LogP contribution in [0.4, 0.5) is 11.4 Å². The number of fused-ring (bicyclic) bond motifs is 1. The van der Waals surface area contributed by atoms with Crippen LogP contribution in [0.5, 0.6) is 0 Å². The van der Waals surface area contributed by atoms with E-state index in [9.17, 15) is 4.79 Å². The summed E-state index contributed by atoms with van der Waals surface area (Å²) in [6.45, 7) is 5.45. The maximum atomic E-state index is 11.7. The van der Waals surface area contributed by atoms with Gasteiger partial charge in [-0.1, -0.05) is 26.0 Å². The standard InChI is InChI=1S/C16H22N4O/c1-11(2)10-20-15(21)7-9-18-14-6-8-19-16-12(14)4-3-5-13(16)17/h3-6,8,11H,7,9-10,17H2,1-2H3,(H,18,19)(H,20,21). The van der Waals surface area contributed by atoms with Crippen LogP contribution < -0.4 is 16.4 Å². The number of anilines is 2. The topological polar surface area (TPSA) is 80.0 Å². The number of aromatic nitrogens is 1. The number of para-hydroxylation sites is 1. The molecule has 0 aliphatic heterocycles. The van der Waals surface area contributed by atoms with Gasteiger partial charge in [-0.2, -0.15) is 0 Å². The number of benzene rings is 1. The molecule has 1 aromatic carbocycles. The zero-order chi connectivity index (χ0) is 15.2. The molecule has 0 aliphatic carbocycles. The summed E-state index contributed by atoms with van der Waals surface area (Å²) in [4.78, 5) is 16.0. The quantitative estimate of drug-likeness (QED) is 0.712. The number of hydrogen-bond acceptors (Lipinski definition) is 4. The summed E-state index contributed by atoms with van der Waals surface area (Å²) < 4.78 is 0. The van der Waals surface area contributed by atoms with Gasteiger partial charge in [0.1, 0.15) is 0 Å². The fourth-order valence-corrected chi connectivity index (χ4v) is 2.07. The number of carbonyl (C=O) groups excluding carboxylic acids is 1. The molecule has 0 unspecified atom stereocenters. The van der Waals surface area contributed by atoms with Crippen molar-refractivity contribution in [3.8, 4) is 0 Å². The van der Waals surface area contributed by atoms with Crippen LogP contribution in [-0.4, -0.2) is 24.0 Å². The normalized spacial score (nSPS) is 10.8. The predicted molar refractivity (Wildman–Crippen MR) is 87.1 cm³/mol. The van der Waals surface area contributed by atoms with Crippen LogP contribution in [0.1, 0.15) is 20.3 Å². The highest BCUT2D eigenvalue weighted by Gasteiger charge is 2.05. The van der Waals surface area contributed by atoms with Crippen molar-refractivity contribution in [2.24, 2.45) is 5.92 Å². The summed E-state index contributed by atoms with van der Waals surface area (Å²) in [6.07, 6.45) is 2.17. The number of hydrogen-bond donors (Lipinski definition) is 3. The van der Waals surface area contributed by atoms with Gasteiger partial charge in [0.25, 0.3) is 0 Å². The van der Waals surface area contributed by atoms with E-state index in [1.807, 2.05) is 24.3 Å². The van der Waals surface area contributed by atoms with E-state index < -0.39 is 0 Å². The molecule has 0 atom stereocenters. The molecule has 5 nitrogen and oxygen atoms in total. The number of nitrogens with zero attached hydrogens (tertiary/aromatic N) is 1. The number of nitrogens with two attached hydrogens (primary N) is 1. The van der Waals surface area contributed by atoms with Crippen LogP contribution in [0, 0.1) is 5.92 Å². The van der Waals surface area contributed by atoms with Gasteiger partial charge in [-0.25, -0.2) is 0 Å². The minimum absolute atomic E-state index is 0.0640. The lowest BCUT2D eigenvalue weighted by atomic mass is 10.1. The van der Waals surface area contributed by atoms with Crippen molar-refractivity contribution in [1.82, 2.24) is 10.3 Å². The number of carbonyl (C=O) groups is 1. The Balaban J connectivity index is 1.95. The summed E-state index contributed by atoms with van der Waals surface area (Å²) in [5.74, 6) is 0.531. The highest BCUT2D eigenvalue weighted by atomic mass is 16.1. The Bertz CT molecular complexity index is 625. The van der Waals surface area contributed by atoms with E-state index in [4.69, 9.17) is 5.73 Å². The third-order valence-corrected chi connectivity index (χ3v) is 3.18. The molecule has 0 spiro atoms. The van der Waals surface area contributed by atoms with E-state index >= 15 is 0 Å². The lowest BCUT2D eigenvalue weighted by molar-refractivity contribution is -0.120. The van der Waals surface area contributed by atoms with Crippen LogP contribution >= 0.6 is 0 Å². The van der Waals surface area contributed by atoms with Crippen molar-refractivity contribution in [1.29, 1.82) is 0 Å². The van der Waals surface area contributed by atoms with Gasteiger partial charge < -0.3 is 16.4 Å². The van der Waals surface area contributed by atoms with Crippen LogP contribution in [0.2, 0.25) is 0 Å². The third-order valence-electron chi connectivity index (χ3n) is 3.18. The molecule has 0 aliphatic rings. The molecule has 0 fully saturated rings. The number of rotatable bonds is 6. The molecule has 21 heavy (non-hydrogen) atoms. The smallest absolute Gasteiger partial charge is 0.221 e. The number of amides is 1. The molecule has 5 heteroatoms. The summed E-state index contributed by atoms with van der Waals surface area (Å²) in [7, 11) is 0. The highest BCUT2D eigenvalue weighted by Crippen LogP contribution is 2.25. The van der Waals surface area contributed by atoms with Gasteiger partial charge in [0, 0.05) is 36.8 Å². The van der Waals surface area contributed by atoms with Crippen LogP contribution in [-0.2, 0) is 4.79 Å². The van der Waals surface area contributed by atoms with Crippen molar-refractivity contribution in [2.75, 3.05) is 24.1 Å². The molecule has 112 valence electrons. The highest BCUT2D eigenvalue weighted by molar-refractivity contribution is 5.97. The average molecular weight is 286 g/mol. The Morgan fingerprint density at radius 2 is 2.14 bits per heavy atom. The lowest BCUT2D eigenvalue weighted by Crippen LogP contribution is -2.28. The van der Waals surface area contributed by atoms with Gasteiger partial charge >= 0.3 is 0 Å². The monoisotopic (exact) mass is 286 g/mol. The molecular formula is C16H22N4O. The second-order valence-corrected chi connectivity index (χ2v) is 5.48. The van der Waals surface area contributed by atoms with E-state index in [0.29, 0.717) is 31.1 Å². The second-order valence-electron chi connectivity index (χ2n) is 5.48. The Kier molecular flexibility index (Phi) is 4.98. The van der Waals surface area contributed by atoms with Crippen LogP contribution in [0.15, 0.2) is 30.5 Å². The first-order valence-corrected chi connectivity index (χ1v) is 7.21. The summed E-state index contributed by atoms with van der Waals surface area (Å²) in [5.41, 5.74) is 8.31. The zero-order valence-corrected chi connectivity index (χ0v) is 12.5. The van der Waals surface area contributed by atoms with Gasteiger partial charge in [-0.05, 0) is 18.1 Å². The molecule has 0 bridgehead atoms. The predicted octanol–water partition coefficient (Wildman–Crippen LogP) is 2.39. The van der Waals surface area contributed by atoms with Crippen molar-refractivity contribution in [2.45, 2.75) is 20.3 Å². The first-order chi connectivity index (χ1) is 10.1. The first kappa shape index (κ1) is 15.1. The Hall–Kier alpha value is -2.30. The first-order valence-electron chi connectivity index (χ1n) is 7.21. The van der Waals surface area contributed by atoms with Crippen LogP contribution in [0.3, 0.4) is 0 Å². The zero-order valence-electron chi connectivity index (χ0n) is 12.5. The van der Waals surface area contributed by atoms with Crippen molar-refractivity contribution in [3.05, 3.63) is 30.5 Å². The summed E-state index contributed by atoms with van der Waals surface area (Å²) >= 11 is 0. The summed E-state index contributed by atoms with van der Waals surface area (Å²) in [5, 5.41) is 7.15. The number of nitrogens with one attached hydrogen (secondary N) is 2. The average Bonchev–Trinajstić information content (AvgIpc) is 2.46. The van der Waals surface area contributed by atoms with E-state index in [1.54, 1.807) is 6.20 Å². The molecule has 0 saturated heterocycles. The Morgan fingerprint density at radius 3 is 2.90 bits per heavy atom. The van der Waals surface area contributed by atoms with Crippen molar-refractivity contribution >= 4 is 28.2 Å². The molecule has 1 heterocycles.